The number of hydrogen-bond donors (Lipinski definition) is 2. The van der Waals surface area contributed by atoms with Crippen molar-refractivity contribution in [1.29, 1.82) is 0 Å². The second-order valence-electron chi connectivity index (χ2n) is 13.5. The van der Waals surface area contributed by atoms with Gasteiger partial charge in [-0.05, 0) is 31.2 Å². The maximum absolute atomic E-state index is 15.5. The molecule has 1 saturated heterocycles. The Kier molecular flexibility index (Phi) is 11.0. The Labute approximate surface area is 268 Å². The molecule has 1 aliphatic heterocycles. The van der Waals surface area contributed by atoms with Crippen molar-refractivity contribution in [1.82, 2.24) is 9.78 Å². The van der Waals surface area contributed by atoms with Crippen LogP contribution in [0.15, 0.2) is 12.1 Å². The predicted molar refractivity (Wildman–Crippen MR) is 159 cm³/mol. The van der Waals surface area contributed by atoms with Crippen LogP contribution in [0.5, 0.6) is 0 Å². The molecule has 1 amide bonds. The minimum Gasteiger partial charge on any atom is -1.00 e. The quantitative estimate of drug-likeness (QED) is 0.269. The lowest BCUT2D eigenvalue weighted by molar-refractivity contribution is -0.873. The van der Waals surface area contributed by atoms with Crippen molar-refractivity contribution in [2.45, 2.75) is 78.2 Å². The first kappa shape index (κ1) is 35.9. The summed E-state index contributed by atoms with van der Waals surface area (Å²) in [6.45, 7) is 7.68. The average molecular weight is 652 g/mol. The molecule has 4 rings (SSSR count). The van der Waals surface area contributed by atoms with Gasteiger partial charge in [0.25, 0.3) is 5.91 Å². The topological polar surface area (TPSA) is 152 Å². The minimum atomic E-state index is -0.949. The van der Waals surface area contributed by atoms with E-state index in [1.54, 1.807) is 17.7 Å². The molecule has 1 aromatic carbocycles. The molecule has 0 spiro atoms. The van der Waals surface area contributed by atoms with Crippen molar-refractivity contribution < 1.29 is 54.7 Å². The number of fused-ring (bicyclic) bond motifs is 1. The summed E-state index contributed by atoms with van der Waals surface area (Å²) in [4.78, 5) is 49.6. The molecule has 2 heterocycles. The van der Waals surface area contributed by atoms with Gasteiger partial charge in [-0.1, -0.05) is 13.8 Å². The van der Waals surface area contributed by atoms with Crippen LogP contribution in [0, 0.1) is 18.2 Å². The number of quaternary nitrogens is 1. The summed E-state index contributed by atoms with van der Waals surface area (Å²) in [5.41, 5.74) is 7.27. The Morgan fingerprint density at radius 1 is 1.24 bits per heavy atom. The highest BCUT2D eigenvalue weighted by molar-refractivity contribution is 6.00. The first-order chi connectivity index (χ1) is 20.4. The molecule has 1 fully saturated rings. The second kappa shape index (κ2) is 13.8. The standard InChI is InChI=1S/C31H42FN5O7.ClH/c1-17-28-24(14-31(3,4)15-25(28)39)36(35-17)20-11-22(32)29(30(33)41)23(12-20)34-19-8-9-42-27(10-19)44-26(40)13-21(43-18(2)38)16-37(5,6)7;/h11-12,19,21,27H,8-10,13-16H2,1-7H3,(H2-,33,34,41);1H. The molecule has 1 aliphatic carbocycles. The largest absolute Gasteiger partial charge is 1.00 e. The number of ketones is 1. The van der Waals surface area contributed by atoms with Gasteiger partial charge in [-0.25, -0.2) is 9.07 Å². The molecule has 3 unspecified atom stereocenters. The number of halogens is 2. The van der Waals surface area contributed by atoms with Crippen LogP contribution in [-0.4, -0.2) is 90.6 Å². The molecule has 1 aromatic heterocycles. The van der Waals surface area contributed by atoms with Gasteiger partial charge in [0.05, 0.1) is 68.1 Å². The number of primary amides is 1. The molecule has 12 nitrogen and oxygen atoms in total. The molecule has 0 saturated carbocycles. The number of ether oxygens (including phenoxy) is 3. The Bertz CT molecular complexity index is 1470. The van der Waals surface area contributed by atoms with E-state index in [2.05, 4.69) is 10.4 Å². The second-order valence-corrected chi connectivity index (χ2v) is 13.5. The normalized spacial score (nSPS) is 20.0. The number of nitrogens with one attached hydrogen (secondary N) is 1. The van der Waals surface area contributed by atoms with Crippen molar-refractivity contribution in [3.63, 3.8) is 0 Å². The van der Waals surface area contributed by atoms with Crippen LogP contribution in [0.4, 0.5) is 10.1 Å². The number of likely N-dealkylation sites (N-methyl/N-ethyl adjacent to an activating group) is 1. The number of Topliss-reactive ketones (excluding diaryl/α,β-unsaturated/α-hetero) is 1. The van der Waals surface area contributed by atoms with E-state index < -0.39 is 36.1 Å². The number of amides is 1. The van der Waals surface area contributed by atoms with E-state index in [0.29, 0.717) is 52.9 Å². The van der Waals surface area contributed by atoms with Gasteiger partial charge in [0.15, 0.2) is 11.9 Å². The van der Waals surface area contributed by atoms with Crippen LogP contribution in [0.2, 0.25) is 0 Å². The summed E-state index contributed by atoms with van der Waals surface area (Å²) in [6, 6.07) is 2.42. The number of carbonyl (C=O) groups is 4. The number of anilines is 1. The van der Waals surface area contributed by atoms with Crippen molar-refractivity contribution >= 4 is 29.3 Å². The summed E-state index contributed by atoms with van der Waals surface area (Å²) in [5.74, 6) is -2.86. The third kappa shape index (κ3) is 9.01. The highest BCUT2D eigenvalue weighted by Gasteiger charge is 2.36. The van der Waals surface area contributed by atoms with Crippen LogP contribution in [-0.2, 0) is 30.2 Å². The highest BCUT2D eigenvalue weighted by Crippen LogP contribution is 2.38. The fourth-order valence-corrected chi connectivity index (χ4v) is 6.00. The molecule has 2 aliphatic rings. The van der Waals surface area contributed by atoms with E-state index >= 15 is 4.39 Å². The van der Waals surface area contributed by atoms with Crippen LogP contribution < -0.4 is 23.5 Å². The van der Waals surface area contributed by atoms with Crippen molar-refractivity contribution in [2.24, 2.45) is 11.1 Å². The van der Waals surface area contributed by atoms with Crippen LogP contribution in [0.25, 0.3) is 5.69 Å². The number of aromatic nitrogens is 2. The lowest BCUT2D eigenvalue weighted by Crippen LogP contribution is -3.00. The Balaban J connectivity index is 0.00000552. The van der Waals surface area contributed by atoms with Gasteiger partial charge in [0.2, 0.25) is 6.29 Å². The Morgan fingerprint density at radius 2 is 1.93 bits per heavy atom. The van der Waals surface area contributed by atoms with Crippen molar-refractivity contribution in [3.8, 4) is 5.69 Å². The van der Waals surface area contributed by atoms with Crippen LogP contribution in [0.1, 0.15) is 78.6 Å². The monoisotopic (exact) mass is 651 g/mol. The number of carbonyl (C=O) groups excluding carboxylic acids is 4. The molecule has 3 atom stereocenters. The molecule has 3 N–H and O–H groups in total. The number of esters is 2. The van der Waals surface area contributed by atoms with E-state index in [9.17, 15) is 19.2 Å². The first-order valence-electron chi connectivity index (χ1n) is 14.7. The lowest BCUT2D eigenvalue weighted by atomic mass is 9.75. The van der Waals surface area contributed by atoms with Gasteiger partial charge in [-0.15, -0.1) is 0 Å². The number of benzene rings is 1. The van der Waals surface area contributed by atoms with Crippen molar-refractivity contribution in [3.05, 3.63) is 40.5 Å². The van der Waals surface area contributed by atoms with Gasteiger partial charge in [-0.3, -0.25) is 19.2 Å². The van der Waals surface area contributed by atoms with E-state index in [4.69, 9.17) is 19.9 Å². The van der Waals surface area contributed by atoms with E-state index in [-0.39, 0.29) is 60.3 Å². The van der Waals surface area contributed by atoms with Gasteiger partial charge >= 0.3 is 11.9 Å². The maximum atomic E-state index is 15.5. The smallest absolute Gasteiger partial charge is 0.312 e. The number of aryl methyl sites for hydroxylation is 1. The fraction of sp³-hybridized carbons (Fsp3) is 0.581. The molecule has 248 valence electrons. The van der Waals surface area contributed by atoms with Gasteiger partial charge in [0, 0.05) is 31.9 Å². The lowest BCUT2D eigenvalue weighted by Gasteiger charge is -2.32. The predicted octanol–water partition coefficient (Wildman–Crippen LogP) is 0.0660. The minimum absolute atomic E-state index is 0. The van der Waals surface area contributed by atoms with Crippen molar-refractivity contribution in [2.75, 3.05) is 39.6 Å². The van der Waals surface area contributed by atoms with E-state index in [1.165, 1.54) is 13.0 Å². The Hall–Kier alpha value is -3.55. The molecule has 0 bridgehead atoms. The van der Waals surface area contributed by atoms with Gasteiger partial charge in [-0.2, -0.15) is 5.10 Å². The van der Waals surface area contributed by atoms with E-state index in [1.807, 2.05) is 35.0 Å². The maximum Gasteiger partial charge on any atom is 0.312 e. The molecular formula is C31H43ClFN5O7. The first-order valence-corrected chi connectivity index (χ1v) is 14.7. The Morgan fingerprint density at radius 3 is 2.56 bits per heavy atom. The van der Waals surface area contributed by atoms with E-state index in [0.717, 1.165) is 0 Å². The molecule has 14 heteroatoms. The molecular weight excluding hydrogens is 609 g/mol. The number of nitrogens with zero attached hydrogens (tertiary/aromatic N) is 3. The number of rotatable bonds is 10. The zero-order chi connectivity index (χ0) is 32.6. The molecule has 2 aromatic rings. The average Bonchev–Trinajstić information content (AvgIpc) is 3.17. The summed E-state index contributed by atoms with van der Waals surface area (Å²) < 4.78 is 34.1. The van der Waals surface area contributed by atoms with Gasteiger partial charge < -0.3 is 42.2 Å². The summed E-state index contributed by atoms with van der Waals surface area (Å²) >= 11 is 0. The zero-order valence-electron chi connectivity index (χ0n) is 26.9. The van der Waals surface area contributed by atoms with Gasteiger partial charge in [0.1, 0.15) is 12.4 Å². The summed E-state index contributed by atoms with van der Waals surface area (Å²) in [5, 5.41) is 7.77. The van der Waals surface area contributed by atoms with Crippen LogP contribution in [0.3, 0.4) is 0 Å². The third-order valence-electron chi connectivity index (χ3n) is 7.63. The zero-order valence-corrected chi connectivity index (χ0v) is 27.6. The summed E-state index contributed by atoms with van der Waals surface area (Å²) in [7, 11) is 5.76. The molecule has 0 radical (unpaired) electrons. The summed E-state index contributed by atoms with van der Waals surface area (Å²) in [6.07, 6.45) is -0.0642. The SMILES string of the molecule is CC(=O)OC(CC(=O)OC1CC(Nc2cc(-n3nc(C)c4c3CC(C)(C)CC4=O)cc(F)c2C(N)=O)CCO1)C[N+](C)(C)C.[Cl-]. The number of nitrogens with two attached hydrogens (primary N) is 1. The fourth-order valence-electron chi connectivity index (χ4n) is 6.00. The third-order valence-corrected chi connectivity index (χ3v) is 7.63. The molecule has 45 heavy (non-hydrogen) atoms. The van der Waals surface area contributed by atoms with Crippen LogP contribution >= 0.6 is 0 Å². The number of hydrogen-bond acceptors (Lipinski definition) is 9. The highest BCUT2D eigenvalue weighted by atomic mass is 35.5.